The molecule has 0 spiro atoms. The van der Waals surface area contributed by atoms with Crippen LogP contribution in [-0.4, -0.2) is 51.0 Å². The molecule has 2 amide bonds. The number of nitrogens with one attached hydrogen (secondary N) is 3. The van der Waals surface area contributed by atoms with E-state index in [1.807, 2.05) is 6.92 Å². The second-order valence-corrected chi connectivity index (χ2v) is 9.54. The average molecular weight is 466 g/mol. The van der Waals surface area contributed by atoms with Crippen molar-refractivity contribution >= 4 is 21.7 Å². The van der Waals surface area contributed by atoms with Crippen molar-refractivity contribution in [2.24, 2.45) is 0 Å². The van der Waals surface area contributed by atoms with E-state index in [4.69, 9.17) is 4.74 Å². The molecule has 1 aliphatic heterocycles. The van der Waals surface area contributed by atoms with E-state index in [9.17, 15) is 22.7 Å². The van der Waals surface area contributed by atoms with Crippen molar-refractivity contribution in [1.29, 1.82) is 0 Å². The summed E-state index contributed by atoms with van der Waals surface area (Å²) in [5.74, 6) is -0.460. The van der Waals surface area contributed by atoms with Gasteiger partial charge >= 0.3 is 6.03 Å². The summed E-state index contributed by atoms with van der Waals surface area (Å²) in [6, 6.07) is 11.2. The van der Waals surface area contributed by atoms with E-state index in [1.54, 1.807) is 30.3 Å². The summed E-state index contributed by atoms with van der Waals surface area (Å²) in [6.07, 6.45) is 0.701. The zero-order chi connectivity index (χ0) is 23.1. The third-order valence-corrected chi connectivity index (χ3v) is 6.76. The van der Waals surface area contributed by atoms with Gasteiger partial charge in [0.1, 0.15) is 11.9 Å². The number of benzene rings is 2. The molecule has 1 heterocycles. The number of aliphatic hydroxyl groups is 1. The molecular formula is C22H28FN3O5S. The number of aryl methyl sites for hydroxylation is 1. The third-order valence-electron chi connectivity index (χ3n) is 5.28. The summed E-state index contributed by atoms with van der Waals surface area (Å²) in [7, 11) is -3.60. The Hall–Kier alpha value is -2.53. The van der Waals surface area contributed by atoms with Crippen LogP contribution in [0, 0.1) is 12.7 Å². The first-order chi connectivity index (χ1) is 15.3. The maximum Gasteiger partial charge on any atom is 0.319 e. The van der Waals surface area contributed by atoms with Crippen molar-refractivity contribution in [1.82, 2.24) is 10.0 Å². The Bertz CT molecular complexity index is 1020. The lowest BCUT2D eigenvalue weighted by Gasteiger charge is -2.36. The predicted octanol–water partition coefficient (Wildman–Crippen LogP) is 2.53. The lowest BCUT2D eigenvalue weighted by molar-refractivity contribution is -0.0884. The van der Waals surface area contributed by atoms with Gasteiger partial charge in [0.15, 0.2) is 0 Å². The molecule has 2 aromatic carbocycles. The van der Waals surface area contributed by atoms with Gasteiger partial charge in [0.2, 0.25) is 10.0 Å². The van der Waals surface area contributed by atoms with Crippen LogP contribution in [0.4, 0.5) is 14.9 Å². The van der Waals surface area contributed by atoms with Crippen LogP contribution in [0.1, 0.15) is 24.8 Å². The van der Waals surface area contributed by atoms with Crippen LogP contribution in [0.5, 0.6) is 0 Å². The third kappa shape index (κ3) is 6.73. The van der Waals surface area contributed by atoms with Gasteiger partial charge in [0.25, 0.3) is 0 Å². The van der Waals surface area contributed by atoms with Crippen LogP contribution in [0.25, 0.3) is 0 Å². The molecule has 1 saturated heterocycles. The molecule has 174 valence electrons. The second kappa shape index (κ2) is 10.9. The summed E-state index contributed by atoms with van der Waals surface area (Å²) >= 11 is 0. The van der Waals surface area contributed by atoms with Crippen LogP contribution in [0.3, 0.4) is 0 Å². The van der Waals surface area contributed by atoms with Gasteiger partial charge in [-0.05, 0) is 56.5 Å². The number of halogens is 1. The molecule has 4 N–H and O–H groups in total. The number of anilines is 1. The minimum atomic E-state index is -3.60. The molecule has 0 bridgehead atoms. The molecule has 3 atom stereocenters. The van der Waals surface area contributed by atoms with Gasteiger partial charge in [-0.3, -0.25) is 0 Å². The first kappa shape index (κ1) is 24.1. The topological polar surface area (TPSA) is 117 Å². The molecule has 0 radical (unpaired) electrons. The SMILES string of the molecule is Cc1ccc(S(=O)(=O)NCC[C@H]2CC[C@H](NC(=O)Nc3cccc(F)c3)[C@H](CO)O2)cc1. The van der Waals surface area contributed by atoms with Crippen LogP contribution >= 0.6 is 0 Å². The van der Waals surface area contributed by atoms with Crippen molar-refractivity contribution in [2.75, 3.05) is 18.5 Å². The fourth-order valence-corrected chi connectivity index (χ4v) is 4.61. The highest BCUT2D eigenvalue weighted by Crippen LogP contribution is 2.22. The predicted molar refractivity (Wildman–Crippen MR) is 118 cm³/mol. The molecule has 0 aromatic heterocycles. The van der Waals surface area contributed by atoms with E-state index in [1.165, 1.54) is 18.2 Å². The van der Waals surface area contributed by atoms with Gasteiger partial charge in [-0.15, -0.1) is 0 Å². The molecule has 1 aliphatic rings. The fourth-order valence-electron chi connectivity index (χ4n) is 3.57. The summed E-state index contributed by atoms with van der Waals surface area (Å²) in [6.45, 7) is 1.78. The maximum atomic E-state index is 13.3. The minimum Gasteiger partial charge on any atom is -0.394 e. The van der Waals surface area contributed by atoms with Crippen molar-refractivity contribution in [3.05, 3.63) is 59.9 Å². The van der Waals surface area contributed by atoms with Crippen molar-refractivity contribution < 1.29 is 27.4 Å². The Morgan fingerprint density at radius 1 is 1.19 bits per heavy atom. The number of ether oxygens (including phenoxy) is 1. The quantitative estimate of drug-likeness (QED) is 0.478. The number of urea groups is 1. The minimum absolute atomic E-state index is 0.192. The van der Waals surface area contributed by atoms with Crippen molar-refractivity contribution in [2.45, 2.75) is 49.3 Å². The normalized spacial score (nSPS) is 21.2. The second-order valence-electron chi connectivity index (χ2n) is 7.77. The average Bonchev–Trinajstić information content (AvgIpc) is 2.75. The van der Waals surface area contributed by atoms with Crippen LogP contribution in [-0.2, 0) is 14.8 Å². The summed E-state index contributed by atoms with van der Waals surface area (Å²) in [5, 5.41) is 15.0. The molecule has 1 fully saturated rings. The number of carbonyl (C=O) groups excluding carboxylic acids is 1. The Morgan fingerprint density at radius 3 is 2.62 bits per heavy atom. The molecule has 32 heavy (non-hydrogen) atoms. The Balaban J connectivity index is 1.46. The molecule has 0 unspecified atom stereocenters. The Kier molecular flexibility index (Phi) is 8.19. The number of amides is 2. The number of rotatable bonds is 8. The van der Waals surface area contributed by atoms with Crippen LogP contribution < -0.4 is 15.4 Å². The van der Waals surface area contributed by atoms with E-state index < -0.39 is 34.0 Å². The number of hydrogen-bond acceptors (Lipinski definition) is 5. The lowest BCUT2D eigenvalue weighted by Crippen LogP contribution is -2.52. The van der Waals surface area contributed by atoms with Gasteiger partial charge < -0.3 is 20.5 Å². The van der Waals surface area contributed by atoms with Crippen molar-refractivity contribution in [3.63, 3.8) is 0 Å². The van der Waals surface area contributed by atoms with Crippen LogP contribution in [0.2, 0.25) is 0 Å². The highest BCUT2D eigenvalue weighted by atomic mass is 32.2. The van der Waals surface area contributed by atoms with Gasteiger partial charge in [0, 0.05) is 12.2 Å². The number of carbonyl (C=O) groups is 1. The monoisotopic (exact) mass is 465 g/mol. The number of hydrogen-bond donors (Lipinski definition) is 4. The van der Waals surface area contributed by atoms with E-state index in [-0.39, 0.29) is 24.2 Å². The highest BCUT2D eigenvalue weighted by molar-refractivity contribution is 7.89. The molecule has 3 rings (SSSR count). The van der Waals surface area contributed by atoms with Crippen molar-refractivity contribution in [3.8, 4) is 0 Å². The maximum absolute atomic E-state index is 13.3. The van der Waals surface area contributed by atoms with E-state index in [0.717, 1.165) is 5.56 Å². The van der Waals surface area contributed by atoms with Gasteiger partial charge in [-0.1, -0.05) is 23.8 Å². The Morgan fingerprint density at radius 2 is 1.94 bits per heavy atom. The molecule has 0 saturated carbocycles. The first-order valence-electron chi connectivity index (χ1n) is 10.4. The number of sulfonamides is 1. The molecule has 0 aliphatic carbocycles. The Labute approximate surface area is 187 Å². The summed E-state index contributed by atoms with van der Waals surface area (Å²) in [5.41, 5.74) is 1.29. The van der Waals surface area contributed by atoms with E-state index >= 15 is 0 Å². The molecule has 10 heteroatoms. The molecule has 8 nitrogen and oxygen atoms in total. The zero-order valence-corrected chi connectivity index (χ0v) is 18.6. The van der Waals surface area contributed by atoms with Gasteiger partial charge in [0.05, 0.1) is 23.6 Å². The van der Waals surface area contributed by atoms with Crippen LogP contribution in [0.15, 0.2) is 53.4 Å². The fraction of sp³-hybridized carbons (Fsp3) is 0.409. The number of aliphatic hydroxyl groups excluding tert-OH is 1. The summed E-state index contributed by atoms with van der Waals surface area (Å²) < 4.78 is 46.5. The first-order valence-corrected chi connectivity index (χ1v) is 11.9. The molecular weight excluding hydrogens is 437 g/mol. The van der Waals surface area contributed by atoms with E-state index in [2.05, 4.69) is 15.4 Å². The highest BCUT2D eigenvalue weighted by Gasteiger charge is 2.32. The lowest BCUT2D eigenvalue weighted by atomic mass is 9.97. The van der Waals surface area contributed by atoms with E-state index in [0.29, 0.717) is 24.9 Å². The summed E-state index contributed by atoms with van der Waals surface area (Å²) in [4.78, 5) is 12.4. The molecule has 2 aromatic rings. The largest absolute Gasteiger partial charge is 0.394 e. The van der Waals surface area contributed by atoms with Gasteiger partial charge in [-0.2, -0.15) is 0 Å². The standard InChI is InChI=1S/C22H28FN3O5S/c1-15-5-8-19(9-6-15)32(29,30)24-12-11-18-7-10-20(21(14-27)31-18)26-22(28)25-17-4-2-3-16(23)13-17/h2-6,8-9,13,18,20-21,24,27H,7,10-12,14H2,1H3,(H2,25,26,28)/t18-,20+,21+/m1/s1. The smallest absolute Gasteiger partial charge is 0.319 e. The zero-order valence-electron chi connectivity index (χ0n) is 17.8. The van der Waals surface area contributed by atoms with Gasteiger partial charge in [-0.25, -0.2) is 22.3 Å².